The van der Waals surface area contributed by atoms with Gasteiger partial charge in [-0.1, -0.05) is 41.5 Å². The van der Waals surface area contributed by atoms with Crippen LogP contribution < -0.4 is 17.0 Å². The Balaban J connectivity index is 1.31. The fourth-order valence-electron chi connectivity index (χ4n) is 6.61. The molecule has 3 fully saturated rings. The first-order valence-corrected chi connectivity index (χ1v) is 27.6. The highest BCUT2D eigenvalue weighted by molar-refractivity contribution is 7.47. The number of H-pyrrole nitrogens is 1. The van der Waals surface area contributed by atoms with E-state index in [1.807, 2.05) is 67.7 Å². The van der Waals surface area contributed by atoms with Gasteiger partial charge in [0.05, 0.1) is 25.7 Å². The van der Waals surface area contributed by atoms with Crippen LogP contribution in [0.5, 0.6) is 0 Å². The summed E-state index contributed by atoms with van der Waals surface area (Å²) in [6.07, 6.45) is -6.38. The number of rotatable bonds is 6. The average Bonchev–Trinajstić information content (AvgIpc) is 3.86. The second kappa shape index (κ2) is 15.1. The molecule has 0 saturated carbocycles. The van der Waals surface area contributed by atoms with Crippen LogP contribution in [0.4, 0.5) is 11.9 Å². The van der Waals surface area contributed by atoms with E-state index in [0.29, 0.717) is 5.56 Å². The van der Waals surface area contributed by atoms with Crippen molar-refractivity contribution in [3.05, 3.63) is 34.8 Å². The number of nitrogens with one attached hydrogen (secondary N) is 1. The molecule has 4 aromatic heterocycles. The number of aromatic nitrogens is 8. The highest BCUT2D eigenvalue weighted by Crippen LogP contribution is 2.56. The fraction of sp³-hybridized carbons (Fsp3) is 0.688. The van der Waals surface area contributed by atoms with Gasteiger partial charge in [-0.15, -0.1) is 0 Å². The molecule has 7 N–H and O–H groups in total. The zero-order valence-electron chi connectivity index (χ0n) is 34.3. The van der Waals surface area contributed by atoms with E-state index in [4.69, 9.17) is 47.9 Å². The molecule has 27 heteroatoms. The van der Waals surface area contributed by atoms with Crippen molar-refractivity contribution in [3.8, 4) is 0 Å². The molecule has 0 aliphatic carbocycles. The van der Waals surface area contributed by atoms with Gasteiger partial charge in [0.2, 0.25) is 11.9 Å². The predicted molar refractivity (Wildman–Crippen MR) is 215 cm³/mol. The average molecular weight is 903 g/mol. The van der Waals surface area contributed by atoms with E-state index in [1.54, 1.807) is 0 Å². The number of phosphoric acid groups is 2. The predicted octanol–water partition coefficient (Wildman–Crippen LogP) is 3.56. The number of fused-ring (bicyclic) bond motifs is 5. The van der Waals surface area contributed by atoms with Crippen LogP contribution in [-0.4, -0.2) is 115 Å². The number of anilines is 2. The summed E-state index contributed by atoms with van der Waals surface area (Å²) >= 11 is 0. The van der Waals surface area contributed by atoms with E-state index in [1.165, 1.54) is 27.9 Å². The summed E-state index contributed by atoms with van der Waals surface area (Å²) in [7, 11) is -15.8. The van der Waals surface area contributed by atoms with Gasteiger partial charge in [0.1, 0.15) is 49.1 Å². The molecule has 59 heavy (non-hydrogen) atoms. The summed E-state index contributed by atoms with van der Waals surface area (Å²) in [6, 6.07) is 0. The van der Waals surface area contributed by atoms with Crippen LogP contribution in [0.3, 0.4) is 0 Å². The lowest BCUT2D eigenvalue weighted by Crippen LogP contribution is -2.50. The second-order valence-corrected chi connectivity index (χ2v) is 30.2. The molecule has 0 amide bonds. The number of imidazole rings is 1. The molecule has 7 heterocycles. The van der Waals surface area contributed by atoms with Crippen LogP contribution in [0.25, 0.3) is 16.8 Å². The molecule has 10 atom stereocenters. The number of nitrogens with zero attached hydrogens (tertiary/aromatic N) is 7. The minimum Gasteiger partial charge on any atom is -0.408 e. The normalized spacial score (nSPS) is 32.8. The highest BCUT2D eigenvalue weighted by atomic mass is 31.2. The van der Waals surface area contributed by atoms with Gasteiger partial charge in [0.15, 0.2) is 39.7 Å². The topological polar surface area (TPSA) is 307 Å². The van der Waals surface area contributed by atoms with Crippen molar-refractivity contribution in [1.82, 2.24) is 39.1 Å². The van der Waals surface area contributed by atoms with Gasteiger partial charge < -0.3 is 39.6 Å². The quantitative estimate of drug-likeness (QED) is 0.136. The number of ether oxygens (including phenoxy) is 2. The van der Waals surface area contributed by atoms with E-state index >= 15 is 0 Å². The molecule has 10 unspecified atom stereocenters. The smallest absolute Gasteiger partial charge is 0.408 e. The van der Waals surface area contributed by atoms with Crippen LogP contribution in [0, 0.1) is 0 Å². The molecule has 4 aromatic rings. The molecule has 326 valence electrons. The summed E-state index contributed by atoms with van der Waals surface area (Å²) in [4.78, 5) is 54.9. The van der Waals surface area contributed by atoms with Crippen molar-refractivity contribution in [3.63, 3.8) is 0 Å². The second-order valence-electron chi connectivity index (χ2n) is 17.9. The minimum atomic E-state index is -5.14. The lowest BCUT2D eigenvalue weighted by molar-refractivity contribution is -0.0634. The minimum absolute atomic E-state index is 0.0376. The molecule has 3 saturated heterocycles. The molecule has 3 aliphatic heterocycles. The van der Waals surface area contributed by atoms with Crippen molar-refractivity contribution in [2.45, 2.75) is 127 Å². The summed E-state index contributed by atoms with van der Waals surface area (Å²) in [6.45, 7) is 18.5. The third-order valence-electron chi connectivity index (χ3n) is 11.8. The summed E-state index contributed by atoms with van der Waals surface area (Å²) in [5.74, 6) is -0.193. The lowest BCUT2D eigenvalue weighted by Gasteiger charge is -2.40. The molecular formula is C32H52N10O13P2Si2. The van der Waals surface area contributed by atoms with Crippen LogP contribution >= 0.6 is 15.6 Å². The van der Waals surface area contributed by atoms with Crippen molar-refractivity contribution in [2.75, 3.05) is 24.7 Å². The Morgan fingerprint density at radius 2 is 1.44 bits per heavy atom. The first kappa shape index (κ1) is 44.1. The van der Waals surface area contributed by atoms with E-state index < -0.39 is 105 Å². The maximum absolute atomic E-state index is 14.2. The standard InChI is InChI=1S/C32H52N10O13P2Si2/c1-31(2,3)58(7,8)54-22-18-13-49-56(44,45)52-21-17(12-48-57(46,47)53-24(22)28(51-18)41-15-37-19-26(41)39-29(33)40-27(19)43)50-20(23(21)55-59(9,10)32(4,5)6)16-11-38-42-25(16)35-14-36-30(42)34/h11,14-15,17-18,20-24,28H,12-13H2,1-10H3,(H,44,45)(H,46,47)(H2,34,35,36)(H3,33,39,40,43). The molecule has 7 rings (SSSR count). The Morgan fingerprint density at radius 1 is 0.847 bits per heavy atom. The van der Waals surface area contributed by atoms with E-state index in [-0.39, 0.29) is 33.7 Å². The third-order valence-corrected chi connectivity index (χ3v) is 22.7. The van der Waals surface area contributed by atoms with Gasteiger partial charge in [-0.05, 0) is 36.3 Å². The monoisotopic (exact) mass is 902 g/mol. The molecule has 2 bridgehead atoms. The van der Waals surface area contributed by atoms with Gasteiger partial charge >= 0.3 is 15.6 Å². The largest absolute Gasteiger partial charge is 0.472 e. The Bertz CT molecular complexity index is 2380. The van der Waals surface area contributed by atoms with Crippen LogP contribution in [-0.2, 0) is 45.6 Å². The molecule has 23 nitrogen and oxygen atoms in total. The Kier molecular flexibility index (Phi) is 11.3. The van der Waals surface area contributed by atoms with Crippen LogP contribution in [0.2, 0.25) is 36.3 Å². The molecule has 0 aromatic carbocycles. The zero-order chi connectivity index (χ0) is 43.2. The third kappa shape index (κ3) is 8.47. The van der Waals surface area contributed by atoms with E-state index in [0.717, 1.165) is 0 Å². The first-order valence-electron chi connectivity index (χ1n) is 18.8. The van der Waals surface area contributed by atoms with Gasteiger partial charge in [0, 0.05) is 5.56 Å². The molecule has 0 spiro atoms. The first-order chi connectivity index (χ1) is 27.2. The van der Waals surface area contributed by atoms with Crippen LogP contribution in [0.1, 0.15) is 59.4 Å². The summed E-state index contributed by atoms with van der Waals surface area (Å²) in [5, 5.41) is 3.56. The van der Waals surface area contributed by atoms with Crippen molar-refractivity contribution in [2.24, 2.45) is 0 Å². The Hall–Kier alpha value is -3.01. The van der Waals surface area contributed by atoms with Gasteiger partial charge in [0.25, 0.3) is 5.56 Å². The zero-order valence-corrected chi connectivity index (χ0v) is 38.1. The number of nitrogen functional groups attached to an aromatic ring is 2. The van der Waals surface area contributed by atoms with Crippen molar-refractivity contribution < 1.29 is 55.3 Å². The van der Waals surface area contributed by atoms with Gasteiger partial charge in [-0.2, -0.15) is 14.6 Å². The maximum atomic E-state index is 14.2. The molecule has 0 radical (unpaired) electrons. The number of aromatic amines is 1. The van der Waals surface area contributed by atoms with E-state index in [9.17, 15) is 23.7 Å². The number of hydrogen-bond donors (Lipinski definition) is 5. The molecule has 3 aliphatic rings. The summed E-state index contributed by atoms with van der Waals surface area (Å²) < 4.78 is 80.9. The Morgan fingerprint density at radius 3 is 2.07 bits per heavy atom. The number of phosphoric ester groups is 2. The SMILES string of the molecule is CC(C)(C)[Si](C)(C)OC1C2COP(=O)(O)OC3C(COP(=O)(O)OC1C(n1cnc4c(=O)[nH]c(N)nc41)O2)OC(c1cnn2c(N)ncnc12)C3O[Si](C)(C)C(C)(C)C. The lowest BCUT2D eigenvalue weighted by atomic mass is 10.0. The van der Waals surface area contributed by atoms with E-state index in [2.05, 4.69) is 30.0 Å². The highest BCUT2D eigenvalue weighted by Gasteiger charge is 2.58. The Labute approximate surface area is 340 Å². The fourth-order valence-corrected chi connectivity index (χ4v) is 11.1. The summed E-state index contributed by atoms with van der Waals surface area (Å²) in [5.41, 5.74) is 11.8. The number of hydrogen-bond acceptors (Lipinski definition) is 18. The van der Waals surface area contributed by atoms with Crippen LogP contribution in [0.15, 0.2) is 23.6 Å². The molecular weight excluding hydrogens is 851 g/mol. The maximum Gasteiger partial charge on any atom is 0.472 e. The van der Waals surface area contributed by atoms with Gasteiger partial charge in [-0.3, -0.25) is 32.4 Å². The van der Waals surface area contributed by atoms with Gasteiger partial charge in [-0.25, -0.2) is 24.1 Å². The number of nitrogens with two attached hydrogens (primary N) is 2. The van der Waals surface area contributed by atoms with Crippen molar-refractivity contribution in [1.29, 1.82) is 0 Å². The van der Waals surface area contributed by atoms with Crippen molar-refractivity contribution >= 4 is 61.0 Å².